The highest BCUT2D eigenvalue weighted by Gasteiger charge is 2.19. The van der Waals surface area contributed by atoms with Gasteiger partial charge in [-0.25, -0.2) is 9.97 Å². The molecule has 8 heteroatoms. The van der Waals surface area contributed by atoms with Gasteiger partial charge in [0.2, 0.25) is 5.95 Å². The van der Waals surface area contributed by atoms with Crippen molar-refractivity contribution in [2.75, 3.05) is 19.5 Å². The number of aromatic nitrogens is 2. The van der Waals surface area contributed by atoms with Crippen molar-refractivity contribution < 1.29 is 14.3 Å². The Morgan fingerprint density at radius 1 is 1.08 bits per heavy atom. The van der Waals surface area contributed by atoms with Crippen LogP contribution in [0.15, 0.2) is 24.3 Å². The third-order valence-corrected chi connectivity index (χ3v) is 3.29. The minimum Gasteiger partial charge on any atom is -0.496 e. The molecular formula is C16H18N4O3S. The Labute approximate surface area is 145 Å². The molecule has 0 fully saturated rings. The second-order valence-electron chi connectivity index (χ2n) is 4.92. The van der Waals surface area contributed by atoms with Crippen LogP contribution in [-0.4, -0.2) is 35.2 Å². The molecule has 0 unspecified atom stereocenters. The zero-order valence-corrected chi connectivity index (χ0v) is 14.7. The molecule has 2 N–H and O–H groups in total. The minimum absolute atomic E-state index is 0.0814. The minimum atomic E-state index is -0.453. The van der Waals surface area contributed by atoms with E-state index in [1.807, 2.05) is 19.9 Å². The van der Waals surface area contributed by atoms with Gasteiger partial charge in [0.05, 0.1) is 14.2 Å². The average molecular weight is 346 g/mol. The molecule has 24 heavy (non-hydrogen) atoms. The number of nitrogens with zero attached hydrogens (tertiary/aromatic N) is 2. The van der Waals surface area contributed by atoms with E-state index in [4.69, 9.17) is 21.7 Å². The Balaban J connectivity index is 2.16. The molecule has 2 rings (SSSR count). The lowest BCUT2D eigenvalue weighted by molar-refractivity contribution is 0.0971. The Bertz CT molecular complexity index is 737. The van der Waals surface area contributed by atoms with Gasteiger partial charge in [0, 0.05) is 11.4 Å². The summed E-state index contributed by atoms with van der Waals surface area (Å²) in [5, 5.41) is 5.45. The van der Waals surface area contributed by atoms with Crippen molar-refractivity contribution in [3.05, 3.63) is 41.2 Å². The van der Waals surface area contributed by atoms with E-state index in [2.05, 4.69) is 20.6 Å². The highest BCUT2D eigenvalue weighted by Crippen LogP contribution is 2.27. The van der Waals surface area contributed by atoms with E-state index < -0.39 is 5.91 Å². The number of hydrogen-bond acceptors (Lipinski definition) is 6. The monoisotopic (exact) mass is 346 g/mol. The van der Waals surface area contributed by atoms with Crippen molar-refractivity contribution in [2.45, 2.75) is 13.8 Å². The lowest BCUT2D eigenvalue weighted by Crippen LogP contribution is -2.35. The van der Waals surface area contributed by atoms with E-state index in [1.165, 1.54) is 14.2 Å². The summed E-state index contributed by atoms with van der Waals surface area (Å²) < 4.78 is 10.4. The molecule has 0 saturated carbocycles. The van der Waals surface area contributed by atoms with E-state index in [0.717, 1.165) is 11.4 Å². The second-order valence-corrected chi connectivity index (χ2v) is 5.33. The first-order chi connectivity index (χ1) is 11.4. The van der Waals surface area contributed by atoms with Gasteiger partial charge in [-0.05, 0) is 44.3 Å². The number of anilines is 1. The molecule has 1 aromatic heterocycles. The normalized spacial score (nSPS) is 10.0. The van der Waals surface area contributed by atoms with Gasteiger partial charge in [-0.1, -0.05) is 6.07 Å². The standard InChI is InChI=1S/C16H18N4O3S/c1-9-8-10(2)18-15(17-9)20-16(24)19-14(21)13-11(22-3)6-5-7-12(13)23-4/h5-8H,1-4H3,(H2,17,18,19,20,21,24). The first-order valence-corrected chi connectivity index (χ1v) is 7.51. The number of methoxy groups -OCH3 is 2. The summed E-state index contributed by atoms with van der Waals surface area (Å²) in [5.41, 5.74) is 1.85. The number of ether oxygens (including phenoxy) is 2. The lowest BCUT2D eigenvalue weighted by Gasteiger charge is -2.14. The van der Waals surface area contributed by atoms with Gasteiger partial charge in [-0.3, -0.25) is 10.1 Å². The van der Waals surface area contributed by atoms with Gasteiger partial charge in [0.15, 0.2) is 5.11 Å². The molecular weight excluding hydrogens is 328 g/mol. The van der Waals surface area contributed by atoms with Crippen molar-refractivity contribution in [1.82, 2.24) is 15.3 Å². The zero-order chi connectivity index (χ0) is 17.7. The molecule has 0 aliphatic rings. The van der Waals surface area contributed by atoms with Gasteiger partial charge in [0.1, 0.15) is 17.1 Å². The van der Waals surface area contributed by atoms with Crippen LogP contribution in [0.1, 0.15) is 21.7 Å². The number of nitrogens with one attached hydrogen (secondary N) is 2. The molecule has 1 heterocycles. The van der Waals surface area contributed by atoms with Crippen LogP contribution in [0.5, 0.6) is 11.5 Å². The quantitative estimate of drug-likeness (QED) is 0.821. The number of hydrogen-bond donors (Lipinski definition) is 2. The fourth-order valence-electron chi connectivity index (χ4n) is 2.16. The van der Waals surface area contributed by atoms with Gasteiger partial charge < -0.3 is 14.8 Å². The van der Waals surface area contributed by atoms with Crippen LogP contribution in [0.3, 0.4) is 0 Å². The largest absolute Gasteiger partial charge is 0.496 e. The predicted molar refractivity (Wildman–Crippen MR) is 94.7 cm³/mol. The summed E-state index contributed by atoms with van der Waals surface area (Å²) in [7, 11) is 2.96. The van der Waals surface area contributed by atoms with E-state index in [-0.39, 0.29) is 10.7 Å². The Kier molecular flexibility index (Phi) is 5.64. The molecule has 1 amide bonds. The van der Waals surface area contributed by atoms with Crippen molar-refractivity contribution in [3.63, 3.8) is 0 Å². The van der Waals surface area contributed by atoms with E-state index in [0.29, 0.717) is 17.4 Å². The van der Waals surface area contributed by atoms with Crippen LogP contribution >= 0.6 is 12.2 Å². The van der Waals surface area contributed by atoms with E-state index in [1.54, 1.807) is 18.2 Å². The molecule has 0 bridgehead atoms. The maximum Gasteiger partial charge on any atom is 0.264 e. The maximum absolute atomic E-state index is 12.5. The van der Waals surface area contributed by atoms with Gasteiger partial charge in [-0.2, -0.15) is 0 Å². The molecule has 1 aromatic carbocycles. The summed E-state index contributed by atoms with van der Waals surface area (Å²) >= 11 is 5.15. The van der Waals surface area contributed by atoms with Crippen LogP contribution in [0.25, 0.3) is 0 Å². The van der Waals surface area contributed by atoms with E-state index >= 15 is 0 Å². The average Bonchev–Trinajstić information content (AvgIpc) is 2.52. The predicted octanol–water partition coefficient (Wildman–Crippen LogP) is 2.24. The molecule has 0 saturated heterocycles. The van der Waals surface area contributed by atoms with Crippen molar-refractivity contribution in [3.8, 4) is 11.5 Å². The van der Waals surface area contributed by atoms with Gasteiger partial charge >= 0.3 is 0 Å². The lowest BCUT2D eigenvalue weighted by atomic mass is 10.1. The number of carbonyl (C=O) groups excluding carboxylic acids is 1. The Hall–Kier alpha value is -2.74. The number of carbonyl (C=O) groups is 1. The molecule has 0 spiro atoms. The molecule has 0 aliphatic heterocycles. The van der Waals surface area contributed by atoms with Crippen LogP contribution in [0.2, 0.25) is 0 Å². The van der Waals surface area contributed by atoms with Crippen LogP contribution in [0, 0.1) is 13.8 Å². The third-order valence-electron chi connectivity index (χ3n) is 3.09. The molecule has 2 aromatic rings. The molecule has 0 atom stereocenters. The Morgan fingerprint density at radius 2 is 1.62 bits per heavy atom. The third kappa shape index (κ3) is 4.17. The zero-order valence-electron chi connectivity index (χ0n) is 13.8. The summed E-state index contributed by atoms with van der Waals surface area (Å²) in [6.45, 7) is 3.70. The molecule has 126 valence electrons. The van der Waals surface area contributed by atoms with Crippen LogP contribution in [-0.2, 0) is 0 Å². The second kappa shape index (κ2) is 7.69. The Morgan fingerprint density at radius 3 is 2.12 bits per heavy atom. The summed E-state index contributed by atoms with van der Waals surface area (Å²) in [6, 6.07) is 6.91. The first kappa shape index (κ1) is 17.6. The van der Waals surface area contributed by atoms with Crippen LogP contribution < -0.4 is 20.1 Å². The van der Waals surface area contributed by atoms with Crippen molar-refractivity contribution in [1.29, 1.82) is 0 Å². The number of thiocarbonyl (C=S) groups is 1. The van der Waals surface area contributed by atoms with Gasteiger partial charge in [-0.15, -0.1) is 0 Å². The molecule has 0 radical (unpaired) electrons. The number of aryl methyl sites for hydroxylation is 2. The SMILES string of the molecule is COc1cccc(OC)c1C(=O)NC(=S)Nc1nc(C)cc(C)n1. The van der Waals surface area contributed by atoms with Gasteiger partial charge in [0.25, 0.3) is 5.91 Å². The number of rotatable bonds is 4. The fourth-order valence-corrected chi connectivity index (χ4v) is 2.34. The summed E-state index contributed by atoms with van der Waals surface area (Å²) in [6.07, 6.45) is 0. The number of benzene rings is 1. The topological polar surface area (TPSA) is 85.4 Å². The highest BCUT2D eigenvalue weighted by atomic mass is 32.1. The summed E-state index contributed by atoms with van der Waals surface area (Å²) in [5.74, 6) is 0.644. The van der Waals surface area contributed by atoms with Crippen LogP contribution in [0.4, 0.5) is 5.95 Å². The van der Waals surface area contributed by atoms with Crippen molar-refractivity contribution in [2.24, 2.45) is 0 Å². The van der Waals surface area contributed by atoms with Crippen molar-refractivity contribution >= 4 is 29.2 Å². The van der Waals surface area contributed by atoms with E-state index in [9.17, 15) is 4.79 Å². The molecule has 7 nitrogen and oxygen atoms in total. The maximum atomic E-state index is 12.5. The summed E-state index contributed by atoms with van der Waals surface area (Å²) in [4.78, 5) is 20.9. The smallest absolute Gasteiger partial charge is 0.264 e. The fraction of sp³-hybridized carbons (Fsp3) is 0.250. The first-order valence-electron chi connectivity index (χ1n) is 7.10. The molecule has 0 aliphatic carbocycles. The number of amides is 1. The highest BCUT2D eigenvalue weighted by molar-refractivity contribution is 7.80.